The zero-order chi connectivity index (χ0) is 9.84. The summed E-state index contributed by atoms with van der Waals surface area (Å²) in [5, 5.41) is 0. The first-order chi connectivity index (χ1) is 6.13. The molecular formula is C8H17N5. The molecule has 0 aromatic rings. The molecule has 5 heteroatoms. The van der Waals surface area contributed by atoms with Gasteiger partial charge in [0, 0.05) is 0 Å². The number of hydrogen-bond donors (Lipinski definition) is 3. The van der Waals surface area contributed by atoms with Crippen LogP contribution in [-0.4, -0.2) is 18.0 Å². The van der Waals surface area contributed by atoms with Crippen LogP contribution in [0.1, 0.15) is 26.2 Å². The van der Waals surface area contributed by atoms with Gasteiger partial charge in [-0.15, -0.1) is 0 Å². The van der Waals surface area contributed by atoms with Gasteiger partial charge in [-0.05, 0) is 25.2 Å². The highest BCUT2D eigenvalue weighted by Gasteiger charge is 2.29. The van der Waals surface area contributed by atoms with Crippen LogP contribution in [0, 0.1) is 5.92 Å². The molecule has 0 radical (unpaired) electrons. The first kappa shape index (κ1) is 9.83. The third-order valence-corrected chi connectivity index (χ3v) is 2.13. The van der Waals surface area contributed by atoms with Crippen molar-refractivity contribution in [3.63, 3.8) is 0 Å². The lowest BCUT2D eigenvalue weighted by Crippen LogP contribution is -2.27. The van der Waals surface area contributed by atoms with Gasteiger partial charge in [0.2, 0.25) is 5.96 Å². The Bertz CT molecular complexity index is 225. The van der Waals surface area contributed by atoms with E-state index in [1.54, 1.807) is 0 Å². The Morgan fingerprint density at radius 1 is 1.38 bits per heavy atom. The van der Waals surface area contributed by atoms with E-state index >= 15 is 0 Å². The first-order valence-corrected chi connectivity index (χ1v) is 4.56. The molecular weight excluding hydrogens is 166 g/mol. The number of hydrogen-bond acceptors (Lipinski definition) is 1. The van der Waals surface area contributed by atoms with Crippen LogP contribution in [0.5, 0.6) is 0 Å². The van der Waals surface area contributed by atoms with E-state index in [4.69, 9.17) is 17.2 Å². The number of nitrogens with zero attached hydrogens (tertiary/aromatic N) is 2. The monoisotopic (exact) mass is 183 g/mol. The van der Waals surface area contributed by atoms with Crippen molar-refractivity contribution in [2.75, 3.05) is 0 Å². The van der Waals surface area contributed by atoms with E-state index in [1.807, 2.05) is 0 Å². The topological polar surface area (TPSA) is 103 Å². The molecule has 0 saturated heterocycles. The lowest BCUT2D eigenvalue weighted by Gasteiger charge is -2.07. The molecule has 13 heavy (non-hydrogen) atoms. The van der Waals surface area contributed by atoms with Crippen LogP contribution in [0.2, 0.25) is 0 Å². The van der Waals surface area contributed by atoms with Crippen LogP contribution in [0.3, 0.4) is 0 Å². The van der Waals surface area contributed by atoms with Gasteiger partial charge >= 0.3 is 0 Å². The van der Waals surface area contributed by atoms with E-state index in [0.717, 1.165) is 6.42 Å². The fraction of sp³-hybridized carbons (Fsp3) is 0.750. The summed E-state index contributed by atoms with van der Waals surface area (Å²) in [7, 11) is 0. The van der Waals surface area contributed by atoms with E-state index in [1.165, 1.54) is 12.8 Å². The molecule has 1 fully saturated rings. The highest BCUT2D eigenvalue weighted by Crippen LogP contribution is 2.35. The Hall–Kier alpha value is -1.26. The zero-order valence-electron chi connectivity index (χ0n) is 7.90. The molecule has 5 nitrogen and oxygen atoms in total. The van der Waals surface area contributed by atoms with E-state index in [-0.39, 0.29) is 11.9 Å². The molecule has 6 N–H and O–H groups in total. The van der Waals surface area contributed by atoms with Crippen molar-refractivity contribution in [3.8, 4) is 0 Å². The van der Waals surface area contributed by atoms with Crippen LogP contribution in [0.25, 0.3) is 0 Å². The van der Waals surface area contributed by atoms with Crippen LogP contribution >= 0.6 is 0 Å². The van der Waals surface area contributed by atoms with Crippen molar-refractivity contribution in [3.05, 3.63) is 0 Å². The van der Waals surface area contributed by atoms with Gasteiger partial charge in [-0.25, -0.2) is 4.99 Å². The minimum absolute atomic E-state index is 0.0353. The number of guanidine groups is 2. The van der Waals surface area contributed by atoms with E-state index in [2.05, 4.69) is 16.9 Å². The quantitative estimate of drug-likeness (QED) is 0.415. The van der Waals surface area contributed by atoms with Crippen molar-refractivity contribution in [1.29, 1.82) is 0 Å². The summed E-state index contributed by atoms with van der Waals surface area (Å²) in [5.41, 5.74) is 15.9. The predicted octanol–water partition coefficient (Wildman–Crippen LogP) is -0.237. The fourth-order valence-corrected chi connectivity index (χ4v) is 1.34. The molecule has 0 aliphatic heterocycles. The van der Waals surface area contributed by atoms with Crippen LogP contribution in [-0.2, 0) is 0 Å². The third kappa shape index (κ3) is 3.31. The van der Waals surface area contributed by atoms with Gasteiger partial charge < -0.3 is 17.2 Å². The number of aliphatic imine (C=N–C) groups is 2. The van der Waals surface area contributed by atoms with Crippen molar-refractivity contribution in [1.82, 2.24) is 0 Å². The molecule has 0 heterocycles. The normalized spacial score (nSPS) is 19.6. The second kappa shape index (κ2) is 4.11. The van der Waals surface area contributed by atoms with E-state index in [0.29, 0.717) is 12.0 Å². The molecule has 0 spiro atoms. The molecule has 0 aromatic heterocycles. The summed E-state index contributed by atoms with van der Waals surface area (Å²) in [6.07, 6.45) is 3.49. The summed E-state index contributed by atoms with van der Waals surface area (Å²) in [6, 6.07) is 0.295. The van der Waals surface area contributed by atoms with Crippen LogP contribution < -0.4 is 17.2 Å². The lowest BCUT2D eigenvalue weighted by atomic mass is 10.1. The number of rotatable bonds is 3. The maximum absolute atomic E-state index is 5.52. The van der Waals surface area contributed by atoms with Gasteiger partial charge in [0.1, 0.15) is 0 Å². The van der Waals surface area contributed by atoms with Gasteiger partial charge in [0.05, 0.1) is 6.04 Å². The first-order valence-electron chi connectivity index (χ1n) is 4.56. The third-order valence-electron chi connectivity index (χ3n) is 2.13. The van der Waals surface area contributed by atoms with Crippen molar-refractivity contribution < 1.29 is 0 Å². The molecule has 1 unspecified atom stereocenters. The van der Waals surface area contributed by atoms with Gasteiger partial charge in [0.15, 0.2) is 5.96 Å². The average Bonchev–Trinajstić information content (AvgIpc) is 2.81. The summed E-state index contributed by atoms with van der Waals surface area (Å²) in [5.74, 6) is 0.850. The molecule has 0 amide bonds. The highest BCUT2D eigenvalue weighted by molar-refractivity contribution is 5.92. The van der Waals surface area contributed by atoms with Crippen molar-refractivity contribution in [2.24, 2.45) is 33.1 Å². The van der Waals surface area contributed by atoms with Crippen LogP contribution in [0.4, 0.5) is 0 Å². The Morgan fingerprint density at radius 2 is 2.00 bits per heavy atom. The largest absolute Gasteiger partial charge is 0.370 e. The van der Waals surface area contributed by atoms with Gasteiger partial charge in [-0.3, -0.25) is 0 Å². The second-order valence-corrected chi connectivity index (χ2v) is 3.34. The van der Waals surface area contributed by atoms with E-state index in [9.17, 15) is 0 Å². The number of nitrogens with two attached hydrogens (primary N) is 3. The predicted molar refractivity (Wildman–Crippen MR) is 54.2 cm³/mol. The van der Waals surface area contributed by atoms with Crippen molar-refractivity contribution >= 4 is 11.9 Å². The minimum atomic E-state index is -0.0353. The molecule has 74 valence electrons. The summed E-state index contributed by atoms with van der Waals surface area (Å²) in [4.78, 5) is 7.92. The van der Waals surface area contributed by atoms with Gasteiger partial charge in [-0.1, -0.05) is 6.92 Å². The standard InChI is InChI=1S/C8H17N5/c1-2-6(5-3-4-5)12-8(11)13-7(9)10/h5-6H,2-4H2,1H3,(H6,9,10,11,12,13). The molecule has 0 aromatic carbocycles. The molecule has 1 rings (SSSR count). The van der Waals surface area contributed by atoms with Gasteiger partial charge in [0.25, 0.3) is 0 Å². The van der Waals surface area contributed by atoms with E-state index < -0.39 is 0 Å². The van der Waals surface area contributed by atoms with Crippen molar-refractivity contribution in [2.45, 2.75) is 32.2 Å². The maximum atomic E-state index is 5.52. The zero-order valence-corrected chi connectivity index (χ0v) is 7.90. The molecule has 1 atom stereocenters. The summed E-state index contributed by atoms with van der Waals surface area (Å²) >= 11 is 0. The molecule has 1 aliphatic rings. The molecule has 1 saturated carbocycles. The summed E-state index contributed by atoms with van der Waals surface area (Å²) in [6.45, 7) is 2.09. The van der Waals surface area contributed by atoms with Gasteiger partial charge in [-0.2, -0.15) is 4.99 Å². The van der Waals surface area contributed by atoms with Crippen LogP contribution in [0.15, 0.2) is 9.98 Å². The molecule has 1 aliphatic carbocycles. The molecule has 0 bridgehead atoms. The second-order valence-electron chi connectivity index (χ2n) is 3.34. The SMILES string of the molecule is CCC(N=C(N)N=C(N)N)C1CC1. The smallest absolute Gasteiger partial charge is 0.218 e. The average molecular weight is 183 g/mol. The minimum Gasteiger partial charge on any atom is -0.370 e. The Kier molecular flexibility index (Phi) is 3.11. The Labute approximate surface area is 78.1 Å². The highest BCUT2D eigenvalue weighted by atomic mass is 15.1. The Balaban J connectivity index is 2.55. The summed E-state index contributed by atoms with van der Waals surface area (Å²) < 4.78 is 0. The maximum Gasteiger partial charge on any atom is 0.218 e. The fourth-order valence-electron chi connectivity index (χ4n) is 1.34. The Morgan fingerprint density at radius 3 is 2.38 bits per heavy atom. The lowest BCUT2D eigenvalue weighted by molar-refractivity contribution is 0.578.